The fourth-order valence-electron chi connectivity index (χ4n) is 3.38. The van der Waals surface area contributed by atoms with E-state index in [0.29, 0.717) is 0 Å². The Morgan fingerprint density at radius 2 is 1.85 bits per heavy atom. The van der Waals surface area contributed by atoms with Crippen LogP contribution in [-0.4, -0.2) is 55.2 Å². The van der Waals surface area contributed by atoms with Crippen molar-refractivity contribution >= 4 is 17.7 Å². The summed E-state index contributed by atoms with van der Waals surface area (Å²) in [4.78, 5) is 14.2. The van der Waals surface area contributed by atoms with Gasteiger partial charge in [-0.1, -0.05) is 0 Å². The predicted molar refractivity (Wildman–Crippen MR) is 83.8 cm³/mol. The third-order valence-corrected chi connectivity index (χ3v) is 5.38. The Morgan fingerprint density at radius 3 is 2.45 bits per heavy atom. The van der Waals surface area contributed by atoms with E-state index in [1.165, 1.54) is 12.8 Å². The molecule has 0 spiro atoms. The van der Waals surface area contributed by atoms with Gasteiger partial charge in [-0.15, -0.1) is 0 Å². The zero-order valence-electron chi connectivity index (χ0n) is 12.6. The van der Waals surface area contributed by atoms with Crippen molar-refractivity contribution in [1.29, 1.82) is 0 Å². The van der Waals surface area contributed by atoms with Crippen LogP contribution in [0.3, 0.4) is 0 Å². The molecule has 0 saturated carbocycles. The van der Waals surface area contributed by atoms with Gasteiger partial charge in [0.25, 0.3) is 0 Å². The molecule has 2 aliphatic rings. The first-order valence-corrected chi connectivity index (χ1v) is 9.22. The predicted octanol–water partition coefficient (Wildman–Crippen LogP) is 1.73. The minimum Gasteiger partial charge on any atom is -0.381 e. The fourth-order valence-corrected chi connectivity index (χ4v) is 3.87. The summed E-state index contributed by atoms with van der Waals surface area (Å²) in [5.41, 5.74) is 5.99. The quantitative estimate of drug-likeness (QED) is 0.840. The highest BCUT2D eigenvalue weighted by atomic mass is 32.2. The minimum absolute atomic E-state index is 0.157. The first-order valence-electron chi connectivity index (χ1n) is 7.83. The number of amides is 1. The van der Waals surface area contributed by atoms with Crippen LogP contribution in [0.2, 0.25) is 0 Å². The van der Waals surface area contributed by atoms with Crippen LogP contribution < -0.4 is 5.73 Å². The highest BCUT2D eigenvalue weighted by molar-refractivity contribution is 7.98. The average molecular weight is 300 g/mol. The van der Waals surface area contributed by atoms with Gasteiger partial charge in [0.05, 0.1) is 6.04 Å². The van der Waals surface area contributed by atoms with Crippen molar-refractivity contribution in [2.24, 2.45) is 17.6 Å². The van der Waals surface area contributed by atoms with Crippen LogP contribution in [0.4, 0.5) is 0 Å². The number of likely N-dealkylation sites (tertiary alicyclic amines) is 1. The number of ether oxygens (including phenoxy) is 1. The molecule has 2 saturated heterocycles. The summed E-state index contributed by atoms with van der Waals surface area (Å²) in [6, 6.07) is -0.304. The highest BCUT2D eigenvalue weighted by Gasteiger charge is 2.30. The third kappa shape index (κ3) is 4.37. The largest absolute Gasteiger partial charge is 0.381 e. The van der Waals surface area contributed by atoms with Crippen molar-refractivity contribution in [2.75, 3.05) is 38.3 Å². The van der Waals surface area contributed by atoms with Crippen LogP contribution in [0.5, 0.6) is 0 Å². The van der Waals surface area contributed by atoms with E-state index >= 15 is 0 Å². The van der Waals surface area contributed by atoms with Gasteiger partial charge in [0, 0.05) is 26.3 Å². The van der Waals surface area contributed by atoms with Crippen LogP contribution in [0.1, 0.15) is 32.1 Å². The Labute approximate surface area is 126 Å². The Kier molecular flexibility index (Phi) is 6.65. The molecule has 0 aromatic carbocycles. The van der Waals surface area contributed by atoms with Crippen LogP contribution in [0, 0.1) is 11.8 Å². The van der Waals surface area contributed by atoms with Crippen LogP contribution in [-0.2, 0) is 9.53 Å². The van der Waals surface area contributed by atoms with Gasteiger partial charge in [-0.2, -0.15) is 11.8 Å². The number of nitrogens with zero attached hydrogens (tertiary/aromatic N) is 1. The molecule has 2 fully saturated rings. The lowest BCUT2D eigenvalue weighted by atomic mass is 9.80. The molecule has 116 valence electrons. The Morgan fingerprint density at radius 1 is 1.25 bits per heavy atom. The summed E-state index contributed by atoms with van der Waals surface area (Å²) in [6.07, 6.45) is 7.53. The molecule has 20 heavy (non-hydrogen) atoms. The van der Waals surface area contributed by atoms with Gasteiger partial charge in [-0.3, -0.25) is 4.79 Å². The number of rotatable bonds is 5. The zero-order valence-corrected chi connectivity index (χ0v) is 13.4. The maximum atomic E-state index is 12.3. The summed E-state index contributed by atoms with van der Waals surface area (Å²) in [5.74, 6) is 2.71. The van der Waals surface area contributed by atoms with E-state index < -0.39 is 0 Å². The summed E-state index contributed by atoms with van der Waals surface area (Å²) in [5, 5.41) is 0. The molecule has 0 aliphatic carbocycles. The molecule has 2 heterocycles. The molecule has 5 heteroatoms. The average Bonchev–Trinajstić information content (AvgIpc) is 2.53. The van der Waals surface area contributed by atoms with Crippen molar-refractivity contribution in [2.45, 2.75) is 38.1 Å². The first-order chi connectivity index (χ1) is 9.72. The highest BCUT2D eigenvalue weighted by Crippen LogP contribution is 2.31. The smallest absolute Gasteiger partial charge is 0.239 e. The van der Waals surface area contributed by atoms with Crippen LogP contribution >= 0.6 is 11.8 Å². The lowest BCUT2D eigenvalue weighted by Crippen LogP contribution is -2.48. The number of thioether (sulfide) groups is 1. The molecule has 2 rings (SSSR count). The van der Waals surface area contributed by atoms with Crippen LogP contribution in [0.25, 0.3) is 0 Å². The molecule has 0 aromatic rings. The summed E-state index contributed by atoms with van der Waals surface area (Å²) in [6.45, 7) is 3.63. The number of carbonyl (C=O) groups is 1. The van der Waals surface area contributed by atoms with E-state index in [9.17, 15) is 4.79 Å². The van der Waals surface area contributed by atoms with Crippen molar-refractivity contribution < 1.29 is 9.53 Å². The van der Waals surface area contributed by atoms with Crippen molar-refractivity contribution in [3.8, 4) is 0 Å². The molecule has 0 radical (unpaired) electrons. The number of piperidine rings is 1. The van der Waals surface area contributed by atoms with Crippen LogP contribution in [0.15, 0.2) is 0 Å². The monoisotopic (exact) mass is 300 g/mol. The second-order valence-corrected chi connectivity index (χ2v) is 6.99. The van der Waals surface area contributed by atoms with E-state index in [-0.39, 0.29) is 11.9 Å². The maximum Gasteiger partial charge on any atom is 0.239 e. The lowest BCUT2D eigenvalue weighted by Gasteiger charge is -2.38. The van der Waals surface area contributed by atoms with Crippen molar-refractivity contribution in [3.05, 3.63) is 0 Å². The van der Waals surface area contributed by atoms with Gasteiger partial charge in [0.15, 0.2) is 0 Å². The zero-order chi connectivity index (χ0) is 14.4. The first kappa shape index (κ1) is 16.1. The van der Waals surface area contributed by atoms with Gasteiger partial charge in [-0.05, 0) is 55.9 Å². The molecule has 1 atom stereocenters. The topological polar surface area (TPSA) is 55.6 Å². The second kappa shape index (κ2) is 8.25. The summed E-state index contributed by atoms with van der Waals surface area (Å²) >= 11 is 1.75. The molecule has 4 nitrogen and oxygen atoms in total. The molecule has 0 aromatic heterocycles. The third-order valence-electron chi connectivity index (χ3n) is 4.73. The van der Waals surface area contributed by atoms with Gasteiger partial charge < -0.3 is 15.4 Å². The van der Waals surface area contributed by atoms with Crippen molar-refractivity contribution in [3.63, 3.8) is 0 Å². The van der Waals surface area contributed by atoms with E-state index in [1.807, 2.05) is 4.90 Å². The van der Waals surface area contributed by atoms with Gasteiger partial charge in [0.2, 0.25) is 5.91 Å². The van der Waals surface area contributed by atoms with E-state index in [0.717, 1.165) is 63.2 Å². The van der Waals surface area contributed by atoms with E-state index in [2.05, 4.69) is 6.26 Å². The molecular weight excluding hydrogens is 272 g/mol. The molecular formula is C15H28N2O2S. The number of carbonyl (C=O) groups excluding carboxylic acids is 1. The number of hydrogen-bond acceptors (Lipinski definition) is 4. The van der Waals surface area contributed by atoms with Gasteiger partial charge in [0.1, 0.15) is 0 Å². The number of hydrogen-bond donors (Lipinski definition) is 1. The molecule has 2 aliphatic heterocycles. The van der Waals surface area contributed by atoms with Gasteiger partial charge in [-0.25, -0.2) is 0 Å². The molecule has 2 N–H and O–H groups in total. The Balaban J connectivity index is 1.74. The molecule has 0 bridgehead atoms. The normalized spacial score (nSPS) is 23.8. The second-order valence-electron chi connectivity index (χ2n) is 6.00. The van der Waals surface area contributed by atoms with Gasteiger partial charge >= 0.3 is 0 Å². The number of nitrogens with two attached hydrogens (primary N) is 1. The van der Waals surface area contributed by atoms with E-state index in [1.54, 1.807) is 11.8 Å². The van der Waals surface area contributed by atoms with Crippen molar-refractivity contribution in [1.82, 2.24) is 4.90 Å². The summed E-state index contributed by atoms with van der Waals surface area (Å²) in [7, 11) is 0. The van der Waals surface area contributed by atoms with E-state index in [4.69, 9.17) is 10.5 Å². The SMILES string of the molecule is CSCC[C@@H](N)C(=O)N1CCC(C2CCOCC2)CC1. The standard InChI is InChI=1S/C15H28N2O2S/c1-20-11-6-14(16)15(18)17-7-2-12(3-8-17)13-4-9-19-10-5-13/h12-14H,2-11,16H2,1H3/t14-/m1/s1. The minimum atomic E-state index is -0.304. The Bertz CT molecular complexity index is 300. The molecule has 0 unspecified atom stereocenters. The lowest BCUT2D eigenvalue weighted by molar-refractivity contribution is -0.134. The Hall–Kier alpha value is -0.260. The summed E-state index contributed by atoms with van der Waals surface area (Å²) < 4.78 is 5.44. The molecule has 1 amide bonds. The fraction of sp³-hybridized carbons (Fsp3) is 0.933. The maximum absolute atomic E-state index is 12.3.